The Hall–Kier alpha value is -3.94. The predicted molar refractivity (Wildman–Crippen MR) is 141 cm³/mol. The molecule has 1 aliphatic carbocycles. The Morgan fingerprint density at radius 3 is 2.53 bits per heavy atom. The highest BCUT2D eigenvalue weighted by Crippen LogP contribution is 2.40. The van der Waals surface area contributed by atoms with E-state index < -0.39 is 5.91 Å². The van der Waals surface area contributed by atoms with Gasteiger partial charge < -0.3 is 16.0 Å². The number of azide groups is 1. The van der Waals surface area contributed by atoms with Gasteiger partial charge in [0, 0.05) is 46.8 Å². The van der Waals surface area contributed by atoms with E-state index in [9.17, 15) is 9.59 Å². The molecule has 1 saturated heterocycles. The topological polar surface area (TPSA) is 137 Å². The van der Waals surface area contributed by atoms with Crippen molar-refractivity contribution in [1.29, 1.82) is 0 Å². The highest BCUT2D eigenvalue weighted by molar-refractivity contribution is 6.10. The summed E-state index contributed by atoms with van der Waals surface area (Å²) in [6, 6.07) is 11.0. The second-order valence-corrected chi connectivity index (χ2v) is 9.68. The smallest absolute Gasteiger partial charge is 0.251 e. The molecule has 0 radical (unpaired) electrons. The van der Waals surface area contributed by atoms with Crippen molar-refractivity contribution in [2.45, 2.75) is 25.7 Å². The van der Waals surface area contributed by atoms with Crippen LogP contribution in [-0.4, -0.2) is 43.4 Å². The van der Waals surface area contributed by atoms with Crippen molar-refractivity contribution in [2.24, 2.45) is 17.0 Å². The molecule has 2 aliphatic rings. The molecular weight excluding hydrogens is 454 g/mol. The van der Waals surface area contributed by atoms with E-state index in [1.54, 1.807) is 18.3 Å². The van der Waals surface area contributed by atoms with E-state index in [4.69, 9.17) is 11.3 Å². The molecule has 0 atom stereocenters. The average Bonchev–Trinajstić information content (AvgIpc) is 3.74. The molecule has 9 nitrogen and oxygen atoms in total. The van der Waals surface area contributed by atoms with Gasteiger partial charge in [-0.1, -0.05) is 12.1 Å². The second-order valence-electron chi connectivity index (χ2n) is 9.68. The lowest BCUT2D eigenvalue weighted by molar-refractivity contribution is 0.0966. The summed E-state index contributed by atoms with van der Waals surface area (Å²) >= 11 is 0. The van der Waals surface area contributed by atoms with E-state index >= 15 is 0 Å². The number of fused-ring (bicyclic) bond motifs is 1. The zero-order valence-corrected chi connectivity index (χ0v) is 20.3. The number of aromatic nitrogens is 1. The van der Waals surface area contributed by atoms with Crippen molar-refractivity contribution >= 4 is 34.0 Å². The molecule has 1 saturated carbocycles. The Balaban J connectivity index is 1.61. The molecule has 0 unspecified atom stereocenters. The van der Waals surface area contributed by atoms with Gasteiger partial charge in [0.15, 0.2) is 5.78 Å². The molecule has 1 aliphatic heterocycles. The molecule has 0 bridgehead atoms. The number of nitrogen functional groups attached to an aromatic ring is 1. The summed E-state index contributed by atoms with van der Waals surface area (Å²) in [6.07, 6.45) is 5.74. The summed E-state index contributed by atoms with van der Waals surface area (Å²) in [5.74, 6) is 0.178. The number of nitrogens with zero attached hydrogens (tertiary/aromatic N) is 5. The van der Waals surface area contributed by atoms with Crippen LogP contribution in [0.4, 0.5) is 11.4 Å². The number of nitrogens with one attached hydrogen (secondary N) is 1. The Kier molecular flexibility index (Phi) is 6.59. The predicted octanol–water partition coefficient (Wildman–Crippen LogP) is 4.96. The average molecular weight is 484 g/mol. The number of benzene rings is 2. The van der Waals surface area contributed by atoms with Crippen molar-refractivity contribution < 1.29 is 9.59 Å². The van der Waals surface area contributed by atoms with E-state index in [1.807, 2.05) is 31.3 Å². The van der Waals surface area contributed by atoms with Gasteiger partial charge in [-0.2, -0.15) is 0 Å². The third kappa shape index (κ3) is 4.63. The van der Waals surface area contributed by atoms with Gasteiger partial charge in [-0.15, -0.1) is 0 Å². The number of ketones is 1. The number of pyridine rings is 1. The van der Waals surface area contributed by atoms with Crippen molar-refractivity contribution in [3.63, 3.8) is 0 Å². The molecule has 2 fully saturated rings. The van der Waals surface area contributed by atoms with Crippen LogP contribution in [0.3, 0.4) is 0 Å². The quantitative estimate of drug-likeness (QED) is 0.160. The number of hydrogen-bond donors (Lipinski definition) is 2. The highest BCUT2D eigenvalue weighted by Gasteiger charge is 2.34. The first-order valence-corrected chi connectivity index (χ1v) is 12.4. The zero-order valence-electron chi connectivity index (χ0n) is 20.3. The maximum absolute atomic E-state index is 13.3. The fourth-order valence-electron chi connectivity index (χ4n) is 5.11. The van der Waals surface area contributed by atoms with Crippen molar-refractivity contribution in [2.75, 3.05) is 37.3 Å². The Bertz CT molecular complexity index is 1380. The number of nitrogens with two attached hydrogens (primary N) is 1. The van der Waals surface area contributed by atoms with E-state index in [-0.39, 0.29) is 23.0 Å². The maximum Gasteiger partial charge on any atom is 0.251 e. The molecule has 3 aromatic rings. The molecule has 3 N–H and O–H groups in total. The van der Waals surface area contributed by atoms with Crippen LogP contribution in [0.25, 0.3) is 32.5 Å². The van der Waals surface area contributed by atoms with Crippen LogP contribution in [0.2, 0.25) is 0 Å². The van der Waals surface area contributed by atoms with Crippen LogP contribution >= 0.6 is 0 Å². The van der Waals surface area contributed by atoms with Crippen LogP contribution in [0.1, 0.15) is 46.4 Å². The van der Waals surface area contributed by atoms with Crippen LogP contribution in [0.5, 0.6) is 0 Å². The minimum atomic E-state index is -0.721. The SMILES string of the molecule is CNCC1CCN(c2c(C(=O)C3CC3)cnc3ccc(-c4ccc(N)c(C(=O)N=[N+]=[N-])c4)cc23)CC1. The van der Waals surface area contributed by atoms with Crippen molar-refractivity contribution in [3.05, 3.63) is 64.2 Å². The molecule has 1 amide bonds. The van der Waals surface area contributed by atoms with Crippen LogP contribution in [0, 0.1) is 11.8 Å². The molecule has 1 aromatic heterocycles. The molecule has 9 heteroatoms. The summed E-state index contributed by atoms with van der Waals surface area (Å²) in [5, 5.41) is 7.40. The van der Waals surface area contributed by atoms with Gasteiger partial charge in [-0.05, 0) is 91.2 Å². The maximum atomic E-state index is 13.3. The monoisotopic (exact) mass is 483 g/mol. The first-order valence-electron chi connectivity index (χ1n) is 12.4. The lowest BCUT2D eigenvalue weighted by Crippen LogP contribution is -2.37. The Morgan fingerprint density at radius 2 is 1.83 bits per heavy atom. The number of anilines is 2. The summed E-state index contributed by atoms with van der Waals surface area (Å²) in [4.78, 5) is 35.1. The molecule has 2 aromatic carbocycles. The van der Waals surface area contributed by atoms with E-state index in [0.717, 1.165) is 73.0 Å². The molecule has 0 spiro atoms. The van der Waals surface area contributed by atoms with Crippen LogP contribution in [0.15, 0.2) is 47.7 Å². The zero-order chi connectivity index (χ0) is 25.2. The van der Waals surface area contributed by atoms with Crippen molar-refractivity contribution in [1.82, 2.24) is 10.3 Å². The molecular formula is C27H29N7O2. The fraction of sp³-hybridized carbons (Fsp3) is 0.370. The number of carbonyl (C=O) groups is 2. The number of amides is 1. The molecule has 36 heavy (non-hydrogen) atoms. The largest absolute Gasteiger partial charge is 0.398 e. The summed E-state index contributed by atoms with van der Waals surface area (Å²) in [5.41, 5.74) is 19.1. The lowest BCUT2D eigenvalue weighted by Gasteiger charge is -2.35. The van der Waals surface area contributed by atoms with Gasteiger partial charge in [0.25, 0.3) is 5.91 Å². The number of hydrogen-bond acceptors (Lipinski definition) is 6. The number of rotatable bonds is 7. The first kappa shape index (κ1) is 23.8. The van der Waals surface area contributed by atoms with Gasteiger partial charge in [-0.25, -0.2) is 0 Å². The lowest BCUT2D eigenvalue weighted by atomic mass is 9.93. The van der Waals surface area contributed by atoms with Crippen molar-refractivity contribution in [3.8, 4) is 11.1 Å². The van der Waals surface area contributed by atoms with Gasteiger partial charge >= 0.3 is 0 Å². The number of Topliss-reactive ketones (excluding diaryl/α,β-unsaturated/α-hetero) is 1. The fourth-order valence-corrected chi connectivity index (χ4v) is 5.11. The van der Waals surface area contributed by atoms with E-state index in [1.165, 1.54) is 0 Å². The second kappa shape index (κ2) is 9.97. The van der Waals surface area contributed by atoms with Gasteiger partial charge in [0.05, 0.1) is 16.8 Å². The Morgan fingerprint density at radius 1 is 1.11 bits per heavy atom. The minimum Gasteiger partial charge on any atom is -0.398 e. The van der Waals surface area contributed by atoms with Crippen LogP contribution < -0.4 is 16.0 Å². The minimum absolute atomic E-state index is 0.0966. The number of piperidine rings is 1. The third-order valence-electron chi connectivity index (χ3n) is 7.23. The molecule has 5 rings (SSSR count). The normalized spacial score (nSPS) is 16.1. The third-order valence-corrected chi connectivity index (χ3v) is 7.23. The van der Waals surface area contributed by atoms with Gasteiger partial charge in [0.1, 0.15) is 0 Å². The molecule has 184 valence electrons. The van der Waals surface area contributed by atoms with E-state index in [2.05, 4.69) is 25.2 Å². The first-order chi connectivity index (χ1) is 17.5. The number of carbonyl (C=O) groups excluding carboxylic acids is 2. The standard InChI is InChI=1S/C27H29N7O2/c1-30-14-16-8-10-34(11-9-16)25-21-13-19(18-4-6-23(28)20(12-18)27(36)32-33-29)5-7-24(21)31-15-22(25)26(35)17-2-3-17/h4-7,12-13,15-17,30H,2-3,8-11,14,28H2,1H3. The van der Waals surface area contributed by atoms with Crippen LogP contribution in [-0.2, 0) is 0 Å². The summed E-state index contributed by atoms with van der Waals surface area (Å²) in [7, 11) is 1.99. The van der Waals surface area contributed by atoms with Gasteiger partial charge in [0.2, 0.25) is 0 Å². The highest BCUT2D eigenvalue weighted by atomic mass is 16.1. The summed E-state index contributed by atoms with van der Waals surface area (Å²) < 4.78 is 0. The molecule has 2 heterocycles. The van der Waals surface area contributed by atoms with E-state index in [0.29, 0.717) is 11.5 Å². The van der Waals surface area contributed by atoms with Gasteiger partial charge in [-0.3, -0.25) is 14.6 Å². The summed E-state index contributed by atoms with van der Waals surface area (Å²) in [6.45, 7) is 2.76. The Labute approximate surface area is 209 Å².